The van der Waals surface area contributed by atoms with Crippen molar-refractivity contribution in [1.29, 1.82) is 0 Å². The number of Topliss-reactive ketones (excluding diaryl/α,β-unsaturated/α-hetero) is 1. The number of ketones is 1. The van der Waals surface area contributed by atoms with E-state index in [0.717, 1.165) is 18.5 Å². The lowest BCUT2D eigenvalue weighted by Crippen LogP contribution is -2.17. The maximum absolute atomic E-state index is 13.0. The number of rotatable bonds is 7. The lowest BCUT2D eigenvalue weighted by Gasteiger charge is -2.08. The molecule has 4 rings (SSSR count). The molecule has 2 aromatic heterocycles. The van der Waals surface area contributed by atoms with Gasteiger partial charge in [0.2, 0.25) is 5.78 Å². The monoisotopic (exact) mass is 421 g/mol. The first-order chi connectivity index (χ1) is 14.9. The summed E-state index contributed by atoms with van der Waals surface area (Å²) in [6, 6.07) is 8.80. The van der Waals surface area contributed by atoms with E-state index in [9.17, 15) is 14.4 Å². The van der Waals surface area contributed by atoms with Gasteiger partial charge in [0.25, 0.3) is 0 Å². The van der Waals surface area contributed by atoms with Gasteiger partial charge in [0.1, 0.15) is 0 Å². The van der Waals surface area contributed by atoms with E-state index < -0.39 is 24.3 Å². The summed E-state index contributed by atoms with van der Waals surface area (Å²) in [4.78, 5) is 37.7. The van der Waals surface area contributed by atoms with Crippen LogP contribution in [0.4, 0.5) is 0 Å². The number of methoxy groups -OCH3 is 1. The van der Waals surface area contributed by atoms with Crippen LogP contribution < -0.4 is 0 Å². The van der Waals surface area contributed by atoms with Crippen LogP contribution in [0.2, 0.25) is 0 Å². The molecule has 8 nitrogen and oxygen atoms in total. The zero-order chi connectivity index (χ0) is 22.1. The molecule has 0 bridgehead atoms. The van der Waals surface area contributed by atoms with Crippen molar-refractivity contribution in [2.75, 3.05) is 13.7 Å². The second-order valence-electron chi connectivity index (χ2n) is 7.51. The van der Waals surface area contributed by atoms with E-state index in [1.165, 1.54) is 7.11 Å². The van der Waals surface area contributed by atoms with Gasteiger partial charge in [0.05, 0.1) is 29.5 Å². The molecule has 1 aliphatic rings. The van der Waals surface area contributed by atoms with Crippen LogP contribution in [0.5, 0.6) is 0 Å². The van der Waals surface area contributed by atoms with Gasteiger partial charge in [-0.3, -0.25) is 4.79 Å². The average molecular weight is 421 g/mol. The number of nitrogens with zero attached hydrogens (tertiary/aromatic N) is 3. The first-order valence-corrected chi connectivity index (χ1v) is 10.0. The van der Waals surface area contributed by atoms with Gasteiger partial charge in [-0.05, 0) is 57.0 Å². The van der Waals surface area contributed by atoms with Crippen LogP contribution in [0.25, 0.3) is 5.69 Å². The molecule has 1 aromatic carbocycles. The third-order valence-corrected chi connectivity index (χ3v) is 5.48. The van der Waals surface area contributed by atoms with Crippen LogP contribution in [-0.2, 0) is 9.47 Å². The van der Waals surface area contributed by atoms with Crippen molar-refractivity contribution in [3.8, 4) is 5.69 Å². The van der Waals surface area contributed by atoms with E-state index in [1.807, 2.05) is 11.5 Å². The minimum absolute atomic E-state index is 0.247. The molecule has 2 heterocycles. The third-order valence-electron chi connectivity index (χ3n) is 5.48. The summed E-state index contributed by atoms with van der Waals surface area (Å²) in [6.07, 6.45) is 5.47. The molecular formula is C23H23N3O5. The van der Waals surface area contributed by atoms with Crippen molar-refractivity contribution in [3.05, 3.63) is 70.8 Å². The summed E-state index contributed by atoms with van der Waals surface area (Å²) in [6.45, 7) is 3.15. The van der Waals surface area contributed by atoms with Crippen LogP contribution in [0.3, 0.4) is 0 Å². The third kappa shape index (κ3) is 3.88. The molecule has 0 saturated heterocycles. The number of benzene rings is 1. The quantitative estimate of drug-likeness (QED) is 0.429. The minimum atomic E-state index is -0.615. The highest BCUT2D eigenvalue weighted by Crippen LogP contribution is 2.40. The van der Waals surface area contributed by atoms with Crippen molar-refractivity contribution < 1.29 is 23.9 Å². The smallest absolute Gasteiger partial charge is 0.340 e. The Morgan fingerprint density at radius 1 is 1.03 bits per heavy atom. The summed E-state index contributed by atoms with van der Waals surface area (Å²) in [5, 5.41) is 4.13. The molecule has 0 spiro atoms. The molecule has 3 aromatic rings. The molecule has 31 heavy (non-hydrogen) atoms. The molecule has 0 atom stereocenters. The molecule has 0 radical (unpaired) electrons. The topological polar surface area (TPSA) is 92.4 Å². The van der Waals surface area contributed by atoms with Gasteiger partial charge in [0.15, 0.2) is 6.61 Å². The molecule has 1 aliphatic carbocycles. The second kappa shape index (κ2) is 8.22. The Kier molecular flexibility index (Phi) is 5.46. The minimum Gasteiger partial charge on any atom is -0.465 e. The zero-order valence-electron chi connectivity index (χ0n) is 17.6. The zero-order valence-corrected chi connectivity index (χ0v) is 17.6. The SMILES string of the molecule is COC(=O)c1c(C(=O)COC(=O)c2ccc(-n3cccn3)cc2)c(C)n(C2CC2)c1C. The highest BCUT2D eigenvalue weighted by molar-refractivity contribution is 6.09. The Balaban J connectivity index is 1.50. The van der Waals surface area contributed by atoms with Gasteiger partial charge in [0, 0.05) is 29.8 Å². The maximum atomic E-state index is 13.0. The number of ether oxygens (including phenoxy) is 2. The van der Waals surface area contributed by atoms with E-state index in [2.05, 4.69) is 5.10 Å². The molecule has 1 saturated carbocycles. The van der Waals surface area contributed by atoms with Gasteiger partial charge in [-0.25, -0.2) is 14.3 Å². The van der Waals surface area contributed by atoms with Gasteiger partial charge in [-0.1, -0.05) is 0 Å². The van der Waals surface area contributed by atoms with E-state index in [1.54, 1.807) is 54.3 Å². The Bertz CT molecular complexity index is 1140. The Hall–Kier alpha value is -3.68. The number of carbonyl (C=O) groups excluding carboxylic acids is 3. The number of hydrogen-bond donors (Lipinski definition) is 0. The first kappa shape index (κ1) is 20.6. The first-order valence-electron chi connectivity index (χ1n) is 10.0. The van der Waals surface area contributed by atoms with Crippen LogP contribution in [0.15, 0.2) is 42.7 Å². The molecule has 0 aliphatic heterocycles. The Labute approximate surface area is 179 Å². The number of hydrogen-bond acceptors (Lipinski definition) is 6. The van der Waals surface area contributed by atoms with E-state index >= 15 is 0 Å². The highest BCUT2D eigenvalue weighted by Gasteiger charge is 2.34. The van der Waals surface area contributed by atoms with Crippen LogP contribution in [0, 0.1) is 13.8 Å². The van der Waals surface area contributed by atoms with E-state index in [0.29, 0.717) is 23.0 Å². The lowest BCUT2D eigenvalue weighted by molar-refractivity contribution is 0.0473. The summed E-state index contributed by atoms with van der Waals surface area (Å²) in [7, 11) is 1.28. The standard InChI is InChI=1S/C23H23N3O5/c1-14-20(21(23(29)30-3)15(2)26(14)18-9-10-18)19(27)13-31-22(28)16-5-7-17(8-6-16)25-12-4-11-24-25/h4-8,11-12,18H,9-10,13H2,1-3H3. The van der Waals surface area contributed by atoms with Crippen molar-refractivity contribution in [2.45, 2.75) is 32.7 Å². The van der Waals surface area contributed by atoms with Crippen LogP contribution in [-0.4, -0.2) is 45.8 Å². The summed E-state index contributed by atoms with van der Waals surface area (Å²) in [5.41, 5.74) is 3.03. The fourth-order valence-corrected chi connectivity index (χ4v) is 3.89. The summed E-state index contributed by atoms with van der Waals surface area (Å²) < 4.78 is 13.8. The maximum Gasteiger partial charge on any atom is 0.340 e. The molecule has 0 unspecified atom stereocenters. The molecule has 8 heteroatoms. The molecule has 160 valence electrons. The Morgan fingerprint density at radius 3 is 2.29 bits per heavy atom. The van der Waals surface area contributed by atoms with Crippen molar-refractivity contribution in [3.63, 3.8) is 0 Å². The van der Waals surface area contributed by atoms with Crippen molar-refractivity contribution >= 4 is 17.7 Å². The number of esters is 2. The lowest BCUT2D eigenvalue weighted by atomic mass is 10.1. The van der Waals surface area contributed by atoms with Gasteiger partial charge in [-0.15, -0.1) is 0 Å². The average Bonchev–Trinajstić information content (AvgIpc) is 3.37. The van der Waals surface area contributed by atoms with Gasteiger partial charge < -0.3 is 14.0 Å². The molecule has 0 N–H and O–H groups in total. The van der Waals surface area contributed by atoms with E-state index in [-0.39, 0.29) is 11.1 Å². The molecule has 1 fully saturated rings. The normalized spacial score (nSPS) is 13.1. The number of aromatic nitrogens is 3. The van der Waals surface area contributed by atoms with Gasteiger partial charge >= 0.3 is 11.9 Å². The summed E-state index contributed by atoms with van der Waals surface area (Å²) in [5.74, 6) is -1.61. The number of carbonyl (C=O) groups is 3. The van der Waals surface area contributed by atoms with Crippen molar-refractivity contribution in [2.24, 2.45) is 0 Å². The largest absolute Gasteiger partial charge is 0.465 e. The Morgan fingerprint density at radius 2 is 1.71 bits per heavy atom. The molecular weight excluding hydrogens is 398 g/mol. The van der Waals surface area contributed by atoms with Crippen LogP contribution in [0.1, 0.15) is 61.3 Å². The summed E-state index contributed by atoms with van der Waals surface area (Å²) >= 11 is 0. The highest BCUT2D eigenvalue weighted by atomic mass is 16.5. The van der Waals surface area contributed by atoms with Crippen LogP contribution >= 0.6 is 0 Å². The second-order valence-corrected chi connectivity index (χ2v) is 7.51. The predicted octanol–water partition coefficient (Wildman–Crippen LogP) is 3.45. The predicted molar refractivity (Wildman–Crippen MR) is 112 cm³/mol. The van der Waals surface area contributed by atoms with Crippen molar-refractivity contribution in [1.82, 2.24) is 14.3 Å². The fraction of sp³-hybridized carbons (Fsp3) is 0.304. The van der Waals surface area contributed by atoms with E-state index in [4.69, 9.17) is 9.47 Å². The fourth-order valence-electron chi connectivity index (χ4n) is 3.89. The van der Waals surface area contributed by atoms with Gasteiger partial charge in [-0.2, -0.15) is 5.10 Å². The molecule has 0 amide bonds.